The van der Waals surface area contributed by atoms with Crippen LogP contribution in [-0.4, -0.2) is 72.1 Å². The van der Waals surface area contributed by atoms with E-state index in [1.54, 1.807) is 25.7 Å². The Balaban J connectivity index is 4.75. The monoisotopic (exact) mass is 401 g/mol. The molecule has 0 aliphatic rings. The minimum Gasteiger partial charge on any atom is -0.391 e. The largest absolute Gasteiger partial charge is 0.391 e. The number of aliphatic hydroxyl groups is 1. The van der Waals surface area contributed by atoms with Crippen LogP contribution in [0.2, 0.25) is 0 Å². The Morgan fingerprint density at radius 1 is 1.07 bits per heavy atom. The van der Waals surface area contributed by atoms with Crippen molar-refractivity contribution in [2.75, 3.05) is 26.2 Å². The molecule has 0 heterocycles. The molecule has 9 heteroatoms. The second-order valence-corrected chi connectivity index (χ2v) is 7.80. The fraction of sp³-hybridized carbons (Fsp3) is 0.842. The Labute approximate surface area is 168 Å². The highest BCUT2D eigenvalue weighted by atomic mass is 16.3. The summed E-state index contributed by atoms with van der Waals surface area (Å²) < 4.78 is 0. The molecule has 0 aliphatic carbocycles. The predicted octanol–water partition coefficient (Wildman–Crippen LogP) is -0.825. The molecular formula is C19H39N5O4. The van der Waals surface area contributed by atoms with Crippen molar-refractivity contribution in [2.24, 2.45) is 23.3 Å². The van der Waals surface area contributed by atoms with Crippen LogP contribution in [0, 0.1) is 11.8 Å². The summed E-state index contributed by atoms with van der Waals surface area (Å²) in [5.74, 6) is -0.866. The van der Waals surface area contributed by atoms with Gasteiger partial charge in [0.1, 0.15) is 0 Å². The van der Waals surface area contributed by atoms with Gasteiger partial charge in [0, 0.05) is 32.0 Å². The molecule has 3 amide bonds. The van der Waals surface area contributed by atoms with E-state index < -0.39 is 18.2 Å². The van der Waals surface area contributed by atoms with Crippen LogP contribution in [0.4, 0.5) is 0 Å². The van der Waals surface area contributed by atoms with Crippen LogP contribution >= 0.6 is 0 Å². The lowest BCUT2D eigenvalue weighted by molar-refractivity contribution is -0.135. The Bertz CT molecular complexity index is 497. The van der Waals surface area contributed by atoms with Crippen molar-refractivity contribution < 1.29 is 19.5 Å². The number of nitrogens with one attached hydrogen (secondary N) is 2. The summed E-state index contributed by atoms with van der Waals surface area (Å²) in [7, 11) is 0. The van der Waals surface area contributed by atoms with Crippen molar-refractivity contribution >= 4 is 17.7 Å². The summed E-state index contributed by atoms with van der Waals surface area (Å²) in [5.41, 5.74) is 11.1. The summed E-state index contributed by atoms with van der Waals surface area (Å²) >= 11 is 0. The first-order valence-corrected chi connectivity index (χ1v) is 10.0. The van der Waals surface area contributed by atoms with Crippen LogP contribution < -0.4 is 22.1 Å². The zero-order valence-electron chi connectivity index (χ0n) is 17.9. The van der Waals surface area contributed by atoms with E-state index in [2.05, 4.69) is 10.6 Å². The lowest BCUT2D eigenvalue weighted by Crippen LogP contribution is -2.48. The highest BCUT2D eigenvalue weighted by Gasteiger charge is 2.24. The molecule has 0 fully saturated rings. The van der Waals surface area contributed by atoms with Gasteiger partial charge in [0.05, 0.1) is 18.2 Å². The fourth-order valence-electron chi connectivity index (χ4n) is 2.66. The van der Waals surface area contributed by atoms with Crippen molar-refractivity contribution in [2.45, 2.75) is 65.6 Å². The SMILES string of the molecule is CC(C)C(=O)N(CCNC(=O)[C@H](C)N)CCC(=O)N[C@@H](CCN)C(O)C(C)C. The smallest absolute Gasteiger partial charge is 0.236 e. The molecule has 3 atom stereocenters. The van der Waals surface area contributed by atoms with Gasteiger partial charge in [0.25, 0.3) is 0 Å². The van der Waals surface area contributed by atoms with Crippen LogP contribution in [0.3, 0.4) is 0 Å². The number of carbonyl (C=O) groups is 3. The molecule has 9 nitrogen and oxygen atoms in total. The summed E-state index contributed by atoms with van der Waals surface area (Å²) in [6, 6.07) is -1.04. The van der Waals surface area contributed by atoms with Crippen molar-refractivity contribution in [3.05, 3.63) is 0 Å². The van der Waals surface area contributed by atoms with Crippen LogP contribution in [0.1, 0.15) is 47.5 Å². The molecule has 0 aromatic carbocycles. The third kappa shape index (κ3) is 10.0. The Morgan fingerprint density at radius 2 is 1.68 bits per heavy atom. The van der Waals surface area contributed by atoms with E-state index in [9.17, 15) is 19.5 Å². The number of carbonyl (C=O) groups excluding carboxylic acids is 3. The Kier molecular flexibility index (Phi) is 12.6. The quantitative estimate of drug-likeness (QED) is 0.272. The highest BCUT2D eigenvalue weighted by Crippen LogP contribution is 2.10. The molecule has 7 N–H and O–H groups in total. The molecule has 1 unspecified atom stereocenters. The number of aliphatic hydroxyl groups excluding tert-OH is 1. The van der Waals surface area contributed by atoms with Crippen molar-refractivity contribution in [1.82, 2.24) is 15.5 Å². The molecule has 0 aliphatic heterocycles. The first-order chi connectivity index (χ1) is 13.0. The lowest BCUT2D eigenvalue weighted by Gasteiger charge is -2.28. The highest BCUT2D eigenvalue weighted by molar-refractivity contribution is 5.81. The first kappa shape index (κ1) is 26.3. The average molecular weight is 402 g/mol. The molecule has 0 saturated carbocycles. The van der Waals surface area contributed by atoms with E-state index in [4.69, 9.17) is 11.5 Å². The summed E-state index contributed by atoms with van der Waals surface area (Å²) in [5, 5.41) is 15.7. The van der Waals surface area contributed by atoms with Gasteiger partial charge < -0.3 is 32.1 Å². The van der Waals surface area contributed by atoms with E-state index in [-0.39, 0.29) is 49.1 Å². The second-order valence-electron chi connectivity index (χ2n) is 7.80. The van der Waals surface area contributed by atoms with E-state index in [1.165, 1.54) is 0 Å². The van der Waals surface area contributed by atoms with Crippen molar-refractivity contribution in [3.63, 3.8) is 0 Å². The second kappa shape index (κ2) is 13.5. The molecule has 0 saturated heterocycles. The van der Waals surface area contributed by atoms with Gasteiger partial charge in [-0.05, 0) is 25.8 Å². The van der Waals surface area contributed by atoms with Crippen molar-refractivity contribution in [1.29, 1.82) is 0 Å². The molecule has 0 bridgehead atoms. The Morgan fingerprint density at radius 3 is 2.14 bits per heavy atom. The van der Waals surface area contributed by atoms with E-state index >= 15 is 0 Å². The minimum absolute atomic E-state index is 0.00980. The summed E-state index contributed by atoms with van der Waals surface area (Å²) in [6.07, 6.45) is -0.108. The van der Waals surface area contributed by atoms with Crippen LogP contribution in [0.15, 0.2) is 0 Å². The topological polar surface area (TPSA) is 151 Å². The predicted molar refractivity (Wildman–Crippen MR) is 109 cm³/mol. The maximum absolute atomic E-state index is 12.4. The van der Waals surface area contributed by atoms with Gasteiger partial charge in [-0.1, -0.05) is 27.7 Å². The van der Waals surface area contributed by atoms with Gasteiger partial charge in [-0.3, -0.25) is 14.4 Å². The number of amides is 3. The van der Waals surface area contributed by atoms with Crippen LogP contribution in [0.5, 0.6) is 0 Å². The standard InChI is InChI=1S/C19H39N5O4/c1-12(2)17(26)15(6-8-20)23-16(25)7-10-24(19(28)13(3)4)11-9-22-18(27)14(5)21/h12-15,17,26H,6-11,20-21H2,1-5H3,(H,22,27)(H,23,25)/t14-,15-,17?/m0/s1. The van der Waals surface area contributed by atoms with E-state index in [1.807, 2.05) is 13.8 Å². The summed E-state index contributed by atoms with van der Waals surface area (Å²) in [4.78, 5) is 37.8. The maximum atomic E-state index is 12.4. The molecule has 0 rings (SSSR count). The molecule has 0 spiro atoms. The lowest BCUT2D eigenvalue weighted by atomic mass is 9.97. The van der Waals surface area contributed by atoms with E-state index in [0.29, 0.717) is 19.5 Å². The molecule has 164 valence electrons. The number of nitrogens with zero attached hydrogens (tertiary/aromatic N) is 1. The average Bonchev–Trinajstić information content (AvgIpc) is 2.62. The third-order valence-corrected chi connectivity index (χ3v) is 4.43. The van der Waals surface area contributed by atoms with Gasteiger partial charge in [-0.15, -0.1) is 0 Å². The zero-order chi connectivity index (χ0) is 21.9. The van der Waals surface area contributed by atoms with Gasteiger partial charge >= 0.3 is 0 Å². The number of rotatable bonds is 13. The molecular weight excluding hydrogens is 362 g/mol. The van der Waals surface area contributed by atoms with Crippen LogP contribution in [-0.2, 0) is 14.4 Å². The number of nitrogens with two attached hydrogens (primary N) is 2. The number of hydrogen-bond donors (Lipinski definition) is 5. The van der Waals surface area contributed by atoms with Gasteiger partial charge in [0.15, 0.2) is 0 Å². The minimum atomic E-state index is -0.686. The maximum Gasteiger partial charge on any atom is 0.236 e. The van der Waals surface area contributed by atoms with Crippen molar-refractivity contribution in [3.8, 4) is 0 Å². The zero-order valence-corrected chi connectivity index (χ0v) is 17.9. The molecule has 0 radical (unpaired) electrons. The van der Waals surface area contributed by atoms with Gasteiger partial charge in [0.2, 0.25) is 17.7 Å². The normalized spacial score (nSPS) is 14.5. The van der Waals surface area contributed by atoms with Gasteiger partial charge in [-0.25, -0.2) is 0 Å². The molecule has 28 heavy (non-hydrogen) atoms. The van der Waals surface area contributed by atoms with Gasteiger partial charge in [-0.2, -0.15) is 0 Å². The fourth-order valence-corrected chi connectivity index (χ4v) is 2.66. The number of hydrogen-bond acceptors (Lipinski definition) is 6. The van der Waals surface area contributed by atoms with E-state index in [0.717, 1.165) is 0 Å². The first-order valence-electron chi connectivity index (χ1n) is 10.0. The molecule has 0 aromatic rings. The van der Waals surface area contributed by atoms with Crippen LogP contribution in [0.25, 0.3) is 0 Å². The Hall–Kier alpha value is -1.71. The molecule has 0 aromatic heterocycles. The third-order valence-electron chi connectivity index (χ3n) is 4.43. The summed E-state index contributed by atoms with van der Waals surface area (Å²) in [6.45, 7) is 10.0.